The number of rotatable bonds is 4. The fourth-order valence-corrected chi connectivity index (χ4v) is 4.74. The van der Waals surface area contributed by atoms with Crippen LogP contribution in [0.2, 0.25) is 0 Å². The van der Waals surface area contributed by atoms with Gasteiger partial charge in [-0.2, -0.15) is 12.1 Å². The van der Waals surface area contributed by atoms with E-state index < -0.39 is 0 Å². The molecule has 0 aliphatic heterocycles. The molecule has 0 spiro atoms. The van der Waals surface area contributed by atoms with E-state index in [9.17, 15) is 0 Å². The van der Waals surface area contributed by atoms with Crippen molar-refractivity contribution in [2.45, 2.75) is 26.7 Å². The van der Waals surface area contributed by atoms with E-state index in [2.05, 4.69) is 142 Å². The molecule has 0 aliphatic rings. The van der Waals surface area contributed by atoms with Crippen LogP contribution in [0.5, 0.6) is 0 Å². The van der Waals surface area contributed by atoms with E-state index in [0.29, 0.717) is 0 Å². The van der Waals surface area contributed by atoms with Gasteiger partial charge in [-0.3, -0.25) is 0 Å². The predicted molar refractivity (Wildman–Crippen MR) is 167 cm³/mol. The number of hydrogen-bond donors (Lipinski definition) is 0. The third-order valence-corrected chi connectivity index (χ3v) is 6.61. The minimum atomic E-state index is 0. The summed E-state index contributed by atoms with van der Waals surface area (Å²) in [6, 6.07) is 43.5. The standard InChI is InChI=1S/2C17H15.2CH3.2ClH.Si.Zr/c2*1-2-13-11-15-9-6-10-16(17(15)12-13)14-7-4-3-5-8-14;;;;;;/h2*3-12H,2H2,1H3;2*1H3;2*1H;;/q4*-1;;;;+2/p-2. The molecule has 0 aliphatic carbocycles. The average Bonchev–Trinajstić information content (AvgIpc) is 3.59. The first-order chi connectivity index (χ1) is 17.8. The summed E-state index contributed by atoms with van der Waals surface area (Å²) in [5.41, 5.74) is 8.11. The molecule has 0 N–H and O–H groups in total. The Balaban J connectivity index is 0.000000655. The van der Waals surface area contributed by atoms with Gasteiger partial charge in [-0.25, -0.2) is 0 Å². The van der Waals surface area contributed by atoms with Gasteiger partial charge in [0.05, 0.1) is 0 Å². The van der Waals surface area contributed by atoms with E-state index in [0.717, 1.165) is 12.8 Å². The first-order valence-corrected chi connectivity index (χ1v) is 16.7. The van der Waals surface area contributed by atoms with Crippen molar-refractivity contribution < 1.29 is 48.1 Å². The van der Waals surface area contributed by atoms with Gasteiger partial charge in [0.25, 0.3) is 0 Å². The van der Waals surface area contributed by atoms with Gasteiger partial charge in [0.15, 0.2) is 0 Å². The molecule has 6 aromatic rings. The maximum atomic E-state index is 3.06. The molecule has 0 saturated carbocycles. The summed E-state index contributed by atoms with van der Waals surface area (Å²) >= 11 is 1.36. The van der Waals surface area contributed by atoms with Crippen LogP contribution >= 0.6 is 0 Å². The van der Waals surface area contributed by atoms with Crippen LogP contribution in [-0.4, -0.2) is 6.88 Å². The molecule has 0 nitrogen and oxygen atoms in total. The molecule has 4 heteroatoms. The van der Waals surface area contributed by atoms with Crippen LogP contribution in [0.3, 0.4) is 0 Å². The Morgan fingerprint density at radius 2 is 0.875 bits per heavy atom. The molecular weight excluding hydrogens is 623 g/mol. The molecule has 6 aromatic carbocycles. The van der Waals surface area contributed by atoms with Gasteiger partial charge < -0.3 is 39.7 Å². The predicted octanol–water partition coefficient (Wildman–Crippen LogP) is 4.10. The zero-order valence-electron chi connectivity index (χ0n) is 23.7. The molecule has 40 heavy (non-hydrogen) atoms. The van der Waals surface area contributed by atoms with Crippen molar-refractivity contribution in [3.8, 4) is 22.3 Å². The van der Waals surface area contributed by atoms with E-state index in [1.54, 1.807) is 0 Å². The summed E-state index contributed by atoms with van der Waals surface area (Å²) in [6.07, 6.45) is 2.20. The van der Waals surface area contributed by atoms with Crippen LogP contribution in [0.25, 0.3) is 43.8 Å². The van der Waals surface area contributed by atoms with Gasteiger partial charge in [0.2, 0.25) is 0 Å². The zero-order chi connectivity index (χ0) is 25.3. The van der Waals surface area contributed by atoms with E-state index in [4.69, 9.17) is 0 Å². The molecule has 206 valence electrons. The fourth-order valence-electron chi connectivity index (χ4n) is 4.74. The van der Waals surface area contributed by atoms with Crippen LogP contribution in [0.1, 0.15) is 25.0 Å². The summed E-state index contributed by atoms with van der Waals surface area (Å²) in [5.74, 6) is 0. The minimum absolute atomic E-state index is 0. The van der Waals surface area contributed by atoms with Crippen molar-refractivity contribution >= 4 is 28.4 Å². The van der Waals surface area contributed by atoms with Gasteiger partial charge in [-0.1, -0.05) is 97.8 Å². The molecule has 0 amide bonds. The molecule has 2 radical (unpaired) electrons. The quantitative estimate of drug-likeness (QED) is 0.198. The van der Waals surface area contributed by atoms with Gasteiger partial charge in [-0.15, -0.1) is 69.1 Å². The van der Waals surface area contributed by atoms with Crippen LogP contribution in [0, 0.1) is 14.9 Å². The third-order valence-electron chi connectivity index (χ3n) is 6.61. The van der Waals surface area contributed by atoms with Crippen LogP contribution in [0.15, 0.2) is 121 Å². The molecule has 0 fully saturated rings. The van der Waals surface area contributed by atoms with Crippen molar-refractivity contribution in [1.29, 1.82) is 0 Å². The van der Waals surface area contributed by atoms with Crippen molar-refractivity contribution in [3.63, 3.8) is 0 Å². The number of aryl methyl sites for hydroxylation is 2. The molecule has 0 bridgehead atoms. The summed E-state index contributed by atoms with van der Waals surface area (Å²) in [7, 11) is 0. The van der Waals surface area contributed by atoms with Gasteiger partial charge in [-0.05, 0) is 24.0 Å². The van der Waals surface area contributed by atoms with Crippen molar-refractivity contribution in [2.24, 2.45) is 0 Å². The topological polar surface area (TPSA) is 0 Å². The summed E-state index contributed by atoms with van der Waals surface area (Å²) in [4.78, 5) is 0. The second kappa shape index (κ2) is 19.0. The van der Waals surface area contributed by atoms with Crippen molar-refractivity contribution in [2.75, 3.05) is 0 Å². The fraction of sp³-hybridized carbons (Fsp3) is 0.111. The van der Waals surface area contributed by atoms with Crippen LogP contribution < -0.4 is 24.8 Å². The van der Waals surface area contributed by atoms with Gasteiger partial charge in [0.1, 0.15) is 0 Å². The van der Waals surface area contributed by atoms with E-state index >= 15 is 0 Å². The molecule has 6 rings (SSSR count). The number of fused-ring (bicyclic) bond motifs is 2. The molecule has 0 heterocycles. The molecule has 0 atom stereocenters. The normalized spacial score (nSPS) is 9.40. The average molecular weight is 659 g/mol. The summed E-state index contributed by atoms with van der Waals surface area (Å²) < 4.78 is 0. The maximum absolute atomic E-state index is 3.06. The second-order valence-corrected chi connectivity index (χ2v) is 8.78. The molecule has 0 saturated heterocycles. The molecule has 0 unspecified atom stereocenters. The molecule has 0 aromatic heterocycles. The van der Waals surface area contributed by atoms with E-state index in [1.165, 1.54) is 78.3 Å². The van der Waals surface area contributed by atoms with Gasteiger partial charge >= 0.3 is 30.2 Å². The number of benzene rings is 4. The summed E-state index contributed by atoms with van der Waals surface area (Å²) in [6.45, 7) is 7.47. The Hall–Kier alpha value is -2.22. The first kappa shape index (κ1) is 37.8. The van der Waals surface area contributed by atoms with Crippen molar-refractivity contribution in [3.05, 3.63) is 147 Å². The third kappa shape index (κ3) is 8.89. The van der Waals surface area contributed by atoms with Crippen molar-refractivity contribution in [1.82, 2.24) is 0 Å². The van der Waals surface area contributed by atoms with E-state index in [1.807, 2.05) is 0 Å². The Morgan fingerprint density at radius 3 is 1.20 bits per heavy atom. The monoisotopic (exact) mass is 656 g/mol. The zero-order valence-corrected chi connectivity index (χ0v) is 28.7. The van der Waals surface area contributed by atoms with Gasteiger partial charge in [0, 0.05) is 0 Å². The Labute approximate surface area is 271 Å². The van der Waals surface area contributed by atoms with E-state index in [-0.39, 0.29) is 39.7 Å². The molecular formula is C36H36Cl2SiZr-4. The summed E-state index contributed by atoms with van der Waals surface area (Å²) in [5, 5.41) is 5.44. The van der Waals surface area contributed by atoms with Crippen LogP contribution in [0.4, 0.5) is 0 Å². The number of halogens is 2. The Morgan fingerprint density at radius 1 is 0.525 bits per heavy atom. The van der Waals surface area contributed by atoms with Crippen LogP contribution in [-0.2, 0) is 36.2 Å². The SMILES string of the molecule is CCc1cc2c(-c3ccccc3)cccc2[cH-]1.CCc1cc2c(-c3ccccc3)cccc2[cH-]1.[CH3-].[CH3-].[Cl-].[Cl-].[Si]=[Zr+2]. The Bertz CT molecular complexity index is 1420. The second-order valence-electron chi connectivity index (χ2n) is 8.78. The first-order valence-electron chi connectivity index (χ1n) is 12.5. The Kier molecular flexibility index (Phi) is 17.9. The number of hydrogen-bond acceptors (Lipinski definition) is 0.